The number of carbonyl (C=O) groups excluding carboxylic acids is 1. The lowest BCUT2D eigenvalue weighted by atomic mass is 10.1. The van der Waals surface area contributed by atoms with Crippen LogP contribution in [0.5, 0.6) is 0 Å². The third kappa shape index (κ3) is 5.02. The molecule has 0 bridgehead atoms. The van der Waals surface area contributed by atoms with Crippen LogP contribution in [-0.4, -0.2) is 43.2 Å². The lowest BCUT2D eigenvalue weighted by Gasteiger charge is -2.31. The average molecular weight is 379 g/mol. The fourth-order valence-electron chi connectivity index (χ4n) is 3.61. The molecule has 2 aromatic carbocycles. The summed E-state index contributed by atoms with van der Waals surface area (Å²) in [6.07, 6.45) is 4.93. The van der Waals surface area contributed by atoms with E-state index in [9.17, 15) is 9.90 Å². The maximum absolute atomic E-state index is 12.5. The maximum atomic E-state index is 12.5. The van der Waals surface area contributed by atoms with E-state index in [4.69, 9.17) is 0 Å². The minimum Gasteiger partial charge on any atom is -0.393 e. The Balaban J connectivity index is 1.61. The predicted molar refractivity (Wildman–Crippen MR) is 117 cm³/mol. The monoisotopic (exact) mass is 378 g/mol. The molecule has 1 heterocycles. The van der Waals surface area contributed by atoms with Crippen molar-refractivity contribution in [1.29, 1.82) is 0 Å². The van der Waals surface area contributed by atoms with E-state index in [0.717, 1.165) is 50.3 Å². The molecule has 0 spiro atoms. The van der Waals surface area contributed by atoms with E-state index in [1.165, 1.54) is 5.69 Å². The average Bonchev–Trinajstić information content (AvgIpc) is 2.74. The van der Waals surface area contributed by atoms with Crippen molar-refractivity contribution < 1.29 is 9.90 Å². The van der Waals surface area contributed by atoms with Crippen LogP contribution in [0.25, 0.3) is 6.08 Å². The van der Waals surface area contributed by atoms with Crippen molar-refractivity contribution in [2.75, 3.05) is 36.0 Å². The van der Waals surface area contributed by atoms with Crippen molar-refractivity contribution >= 4 is 23.2 Å². The Hall–Kier alpha value is -2.59. The van der Waals surface area contributed by atoms with Gasteiger partial charge < -0.3 is 14.9 Å². The number of aliphatic hydroxyl groups is 1. The van der Waals surface area contributed by atoms with Crippen LogP contribution in [0.15, 0.2) is 54.6 Å². The van der Waals surface area contributed by atoms with Crippen LogP contribution in [-0.2, 0) is 0 Å². The highest BCUT2D eigenvalue weighted by Crippen LogP contribution is 2.21. The van der Waals surface area contributed by atoms with Crippen LogP contribution in [0.2, 0.25) is 0 Å². The van der Waals surface area contributed by atoms with Gasteiger partial charge in [-0.25, -0.2) is 0 Å². The molecular formula is C24H30N2O2. The van der Waals surface area contributed by atoms with E-state index in [-0.39, 0.29) is 11.9 Å². The fraction of sp³-hybridized carbons (Fsp3) is 0.375. The normalized spacial score (nSPS) is 15.2. The molecule has 0 radical (unpaired) electrons. The Labute approximate surface area is 168 Å². The number of hydrogen-bond acceptors (Lipinski definition) is 4. The van der Waals surface area contributed by atoms with Crippen LogP contribution >= 0.6 is 0 Å². The summed E-state index contributed by atoms with van der Waals surface area (Å²) in [6.45, 7) is 7.98. The topological polar surface area (TPSA) is 43.8 Å². The number of hydrogen-bond donors (Lipinski definition) is 1. The molecule has 0 amide bonds. The molecule has 4 nitrogen and oxygen atoms in total. The molecule has 4 heteroatoms. The summed E-state index contributed by atoms with van der Waals surface area (Å²) >= 11 is 0. The summed E-state index contributed by atoms with van der Waals surface area (Å²) in [5, 5.41) is 9.63. The minimum absolute atomic E-state index is 0.00781. The van der Waals surface area contributed by atoms with Crippen molar-refractivity contribution in [3.63, 3.8) is 0 Å². The first-order valence-corrected chi connectivity index (χ1v) is 10.2. The molecule has 0 atom stereocenters. The van der Waals surface area contributed by atoms with Gasteiger partial charge in [0.15, 0.2) is 5.78 Å². The Morgan fingerprint density at radius 1 is 1.04 bits per heavy atom. The number of piperidine rings is 1. The first-order chi connectivity index (χ1) is 13.6. The molecule has 3 rings (SSSR count). The van der Waals surface area contributed by atoms with Gasteiger partial charge in [-0.05, 0) is 74.7 Å². The van der Waals surface area contributed by atoms with E-state index < -0.39 is 0 Å². The number of benzene rings is 2. The highest BCUT2D eigenvalue weighted by Gasteiger charge is 2.17. The highest BCUT2D eigenvalue weighted by molar-refractivity contribution is 6.07. The number of ketones is 1. The van der Waals surface area contributed by atoms with Crippen LogP contribution in [0.3, 0.4) is 0 Å². The number of carbonyl (C=O) groups is 1. The third-order valence-electron chi connectivity index (χ3n) is 5.43. The first-order valence-electron chi connectivity index (χ1n) is 10.2. The van der Waals surface area contributed by atoms with Gasteiger partial charge in [0.2, 0.25) is 0 Å². The highest BCUT2D eigenvalue weighted by atomic mass is 16.3. The van der Waals surface area contributed by atoms with E-state index >= 15 is 0 Å². The number of anilines is 2. The van der Waals surface area contributed by atoms with Crippen LogP contribution < -0.4 is 9.80 Å². The van der Waals surface area contributed by atoms with E-state index in [1.807, 2.05) is 42.5 Å². The van der Waals surface area contributed by atoms with Gasteiger partial charge in [-0.1, -0.05) is 18.2 Å². The zero-order valence-corrected chi connectivity index (χ0v) is 16.8. The molecule has 28 heavy (non-hydrogen) atoms. The molecule has 2 aromatic rings. The number of rotatable bonds is 7. The molecule has 1 aliphatic heterocycles. The summed E-state index contributed by atoms with van der Waals surface area (Å²) in [5.74, 6) is 0.00781. The van der Waals surface area contributed by atoms with Gasteiger partial charge in [-0.2, -0.15) is 0 Å². The van der Waals surface area contributed by atoms with Crippen molar-refractivity contribution in [2.24, 2.45) is 0 Å². The van der Waals surface area contributed by atoms with E-state index in [1.54, 1.807) is 6.08 Å². The number of allylic oxidation sites excluding steroid dienone is 1. The summed E-state index contributed by atoms with van der Waals surface area (Å²) in [6, 6.07) is 16.1. The van der Waals surface area contributed by atoms with Gasteiger partial charge in [0, 0.05) is 43.1 Å². The van der Waals surface area contributed by atoms with Gasteiger partial charge in [0.1, 0.15) is 0 Å². The first kappa shape index (κ1) is 20.2. The quantitative estimate of drug-likeness (QED) is 0.573. The van der Waals surface area contributed by atoms with Gasteiger partial charge in [0.05, 0.1) is 6.10 Å². The lowest BCUT2D eigenvalue weighted by Crippen LogP contribution is -2.35. The second kappa shape index (κ2) is 9.56. The molecule has 1 fully saturated rings. The van der Waals surface area contributed by atoms with Gasteiger partial charge in [-0.15, -0.1) is 0 Å². The SMILES string of the molecule is CCN(CC)c1ccc(C=CC(=O)c2ccc(N3CCC(O)CC3)cc2)cc1. The number of aliphatic hydroxyl groups excluding tert-OH is 1. The van der Waals surface area contributed by atoms with Gasteiger partial charge in [-0.3, -0.25) is 4.79 Å². The Kier molecular flexibility index (Phi) is 6.88. The second-order valence-corrected chi connectivity index (χ2v) is 7.23. The Morgan fingerprint density at radius 3 is 2.21 bits per heavy atom. The van der Waals surface area contributed by atoms with Crippen molar-refractivity contribution in [1.82, 2.24) is 0 Å². The molecule has 0 unspecified atom stereocenters. The standard InChI is InChI=1S/C24H30N2O2/c1-3-25(4-2)21-10-5-19(6-11-21)7-14-24(28)20-8-12-22(13-9-20)26-17-15-23(27)16-18-26/h5-14,23,27H,3-4,15-18H2,1-2H3. The molecule has 0 aromatic heterocycles. The molecule has 1 aliphatic rings. The van der Waals surface area contributed by atoms with Crippen LogP contribution in [0.4, 0.5) is 11.4 Å². The van der Waals surface area contributed by atoms with Crippen molar-refractivity contribution in [3.05, 3.63) is 65.7 Å². The minimum atomic E-state index is -0.177. The summed E-state index contributed by atoms with van der Waals surface area (Å²) in [7, 11) is 0. The zero-order chi connectivity index (χ0) is 19.9. The summed E-state index contributed by atoms with van der Waals surface area (Å²) < 4.78 is 0. The zero-order valence-electron chi connectivity index (χ0n) is 16.8. The maximum Gasteiger partial charge on any atom is 0.185 e. The smallest absolute Gasteiger partial charge is 0.185 e. The molecular weight excluding hydrogens is 348 g/mol. The molecule has 0 aliphatic carbocycles. The molecule has 148 valence electrons. The number of nitrogens with zero attached hydrogens (tertiary/aromatic N) is 2. The summed E-state index contributed by atoms with van der Waals surface area (Å²) in [5.41, 5.74) is 4.03. The van der Waals surface area contributed by atoms with Crippen LogP contribution in [0.1, 0.15) is 42.6 Å². The largest absolute Gasteiger partial charge is 0.393 e. The third-order valence-corrected chi connectivity index (χ3v) is 5.43. The molecule has 1 saturated heterocycles. The fourth-order valence-corrected chi connectivity index (χ4v) is 3.61. The second-order valence-electron chi connectivity index (χ2n) is 7.23. The Bertz CT molecular complexity index is 784. The van der Waals surface area contributed by atoms with Gasteiger partial charge in [0.25, 0.3) is 0 Å². The van der Waals surface area contributed by atoms with E-state index in [2.05, 4.69) is 35.8 Å². The Morgan fingerprint density at radius 2 is 1.64 bits per heavy atom. The van der Waals surface area contributed by atoms with Gasteiger partial charge >= 0.3 is 0 Å². The summed E-state index contributed by atoms with van der Waals surface area (Å²) in [4.78, 5) is 17.0. The van der Waals surface area contributed by atoms with E-state index in [0.29, 0.717) is 5.56 Å². The lowest BCUT2D eigenvalue weighted by molar-refractivity contribution is 0.104. The molecule has 1 N–H and O–H groups in total. The molecule has 0 saturated carbocycles. The van der Waals surface area contributed by atoms with Crippen LogP contribution in [0, 0.1) is 0 Å². The van der Waals surface area contributed by atoms with Crippen molar-refractivity contribution in [3.8, 4) is 0 Å². The predicted octanol–water partition coefficient (Wildman–Crippen LogP) is 4.39. The van der Waals surface area contributed by atoms with Crippen molar-refractivity contribution in [2.45, 2.75) is 32.8 Å².